The molecule has 2 rings (SSSR count). The topological polar surface area (TPSA) is 51.2 Å². The van der Waals surface area contributed by atoms with Crippen LogP contribution in [-0.4, -0.2) is 16.7 Å². The fourth-order valence-electron chi connectivity index (χ4n) is 2.28. The molecule has 0 saturated carbocycles. The molecule has 2 aromatic rings. The van der Waals surface area contributed by atoms with E-state index in [2.05, 4.69) is 26.2 Å². The van der Waals surface area contributed by atoms with Gasteiger partial charge in [0.15, 0.2) is 0 Å². The van der Waals surface area contributed by atoms with Gasteiger partial charge in [-0.2, -0.15) is 0 Å². The van der Waals surface area contributed by atoms with Crippen LogP contribution in [-0.2, 0) is 10.3 Å². The summed E-state index contributed by atoms with van der Waals surface area (Å²) in [6, 6.07) is 10.1. The molecule has 1 heterocycles. The zero-order chi connectivity index (χ0) is 18.0. The number of hydrogen-bond acceptors (Lipinski definition) is 3. The molecule has 1 amide bonds. The van der Waals surface area contributed by atoms with E-state index in [0.29, 0.717) is 0 Å². The Morgan fingerprint density at radius 2 is 1.67 bits per heavy atom. The van der Waals surface area contributed by atoms with Gasteiger partial charge in [-0.1, -0.05) is 24.3 Å². The number of benzene rings is 1. The lowest BCUT2D eigenvalue weighted by atomic mass is 9.93. The minimum atomic E-state index is -0.531. The summed E-state index contributed by atoms with van der Waals surface area (Å²) >= 11 is 3.43. The molecule has 0 atom stereocenters. The van der Waals surface area contributed by atoms with Crippen molar-refractivity contribution >= 4 is 22.0 Å². The molecule has 0 fully saturated rings. The van der Waals surface area contributed by atoms with Crippen LogP contribution in [0.15, 0.2) is 47.2 Å². The average Bonchev–Trinajstić information content (AvgIpc) is 2.44. The maximum absolute atomic E-state index is 12.0. The van der Waals surface area contributed by atoms with Crippen molar-refractivity contribution in [2.45, 2.75) is 45.8 Å². The first-order valence-corrected chi connectivity index (χ1v) is 8.59. The molecular weight excluding hydrogens is 368 g/mol. The Kier molecular flexibility index (Phi) is 5.33. The van der Waals surface area contributed by atoms with Crippen molar-refractivity contribution in [2.24, 2.45) is 0 Å². The van der Waals surface area contributed by atoms with Gasteiger partial charge in [0.05, 0.1) is 5.54 Å². The molecule has 0 unspecified atom stereocenters. The zero-order valence-electron chi connectivity index (χ0n) is 14.7. The number of ether oxygens (including phenoxy) is 1. The maximum atomic E-state index is 12.0. The molecule has 1 aromatic carbocycles. The van der Waals surface area contributed by atoms with Crippen molar-refractivity contribution in [3.63, 3.8) is 0 Å². The van der Waals surface area contributed by atoms with Gasteiger partial charge in [0, 0.05) is 22.4 Å². The van der Waals surface area contributed by atoms with Crippen LogP contribution in [0.25, 0.3) is 11.1 Å². The Bertz CT molecular complexity index is 719. The summed E-state index contributed by atoms with van der Waals surface area (Å²) in [6.07, 6.45) is 3.16. The molecule has 128 valence electrons. The minimum absolute atomic E-state index is 0.423. The van der Waals surface area contributed by atoms with Crippen molar-refractivity contribution in [3.05, 3.63) is 52.8 Å². The van der Waals surface area contributed by atoms with Crippen molar-refractivity contribution in [1.82, 2.24) is 10.3 Å². The summed E-state index contributed by atoms with van der Waals surface area (Å²) in [5.41, 5.74) is 2.06. The molecular formula is C19H23BrN2O2. The second-order valence-electron chi connectivity index (χ2n) is 7.22. The van der Waals surface area contributed by atoms with E-state index < -0.39 is 17.2 Å². The zero-order valence-corrected chi connectivity index (χ0v) is 16.3. The molecule has 0 radical (unpaired) electrons. The Hall–Kier alpha value is -1.88. The molecule has 0 saturated heterocycles. The predicted molar refractivity (Wildman–Crippen MR) is 99.8 cm³/mol. The lowest BCUT2D eigenvalue weighted by molar-refractivity contribution is 0.0470. The van der Waals surface area contributed by atoms with E-state index in [0.717, 1.165) is 21.2 Å². The third kappa shape index (κ3) is 5.06. The van der Waals surface area contributed by atoms with Gasteiger partial charge in [-0.15, -0.1) is 0 Å². The Morgan fingerprint density at radius 1 is 1.04 bits per heavy atom. The van der Waals surface area contributed by atoms with E-state index in [-0.39, 0.29) is 0 Å². The number of aromatic nitrogens is 1. The third-order valence-corrected chi connectivity index (χ3v) is 3.89. The Balaban J connectivity index is 2.15. The van der Waals surface area contributed by atoms with Crippen LogP contribution < -0.4 is 5.32 Å². The van der Waals surface area contributed by atoms with Crippen LogP contribution in [0, 0.1) is 0 Å². The number of pyridine rings is 1. The first kappa shape index (κ1) is 18.5. The van der Waals surface area contributed by atoms with Gasteiger partial charge in [0.1, 0.15) is 5.60 Å². The van der Waals surface area contributed by atoms with Gasteiger partial charge in [0.25, 0.3) is 0 Å². The summed E-state index contributed by atoms with van der Waals surface area (Å²) in [4.78, 5) is 16.2. The van der Waals surface area contributed by atoms with Crippen molar-refractivity contribution in [3.8, 4) is 11.1 Å². The maximum Gasteiger partial charge on any atom is 0.408 e. The van der Waals surface area contributed by atoms with Crippen LogP contribution >= 0.6 is 15.9 Å². The standard InChI is InChI=1S/C19H23BrN2O2/c1-18(2,3)24-17(23)22-19(4,5)15-8-6-13(7-9-15)14-10-16(20)12-21-11-14/h6-12H,1-5H3,(H,22,23). The molecule has 0 aliphatic rings. The molecule has 0 aliphatic carbocycles. The van der Waals surface area contributed by atoms with Gasteiger partial charge in [0.2, 0.25) is 0 Å². The van der Waals surface area contributed by atoms with Gasteiger partial charge in [-0.25, -0.2) is 4.79 Å². The van der Waals surface area contributed by atoms with E-state index in [1.54, 1.807) is 6.20 Å². The molecule has 0 aliphatic heterocycles. The largest absolute Gasteiger partial charge is 0.444 e. The average molecular weight is 391 g/mol. The summed E-state index contributed by atoms with van der Waals surface area (Å²) in [6.45, 7) is 9.44. The highest BCUT2D eigenvalue weighted by atomic mass is 79.9. The molecule has 1 N–H and O–H groups in total. The molecule has 24 heavy (non-hydrogen) atoms. The van der Waals surface area contributed by atoms with Crippen molar-refractivity contribution in [2.75, 3.05) is 0 Å². The summed E-state index contributed by atoms with van der Waals surface area (Å²) < 4.78 is 6.28. The Morgan fingerprint density at radius 3 is 2.21 bits per heavy atom. The highest BCUT2D eigenvalue weighted by Crippen LogP contribution is 2.26. The number of carbonyl (C=O) groups is 1. The molecule has 1 aromatic heterocycles. The van der Waals surface area contributed by atoms with Gasteiger partial charge < -0.3 is 10.1 Å². The SMILES string of the molecule is CC(C)(C)OC(=O)NC(C)(C)c1ccc(-c2cncc(Br)c2)cc1. The number of nitrogens with zero attached hydrogens (tertiary/aromatic N) is 1. The van der Waals surface area contributed by atoms with Gasteiger partial charge in [-0.3, -0.25) is 4.98 Å². The second-order valence-corrected chi connectivity index (χ2v) is 8.14. The highest BCUT2D eigenvalue weighted by molar-refractivity contribution is 9.10. The van der Waals surface area contributed by atoms with E-state index in [1.807, 2.05) is 71.1 Å². The molecule has 5 heteroatoms. The highest BCUT2D eigenvalue weighted by Gasteiger charge is 2.26. The summed E-state index contributed by atoms with van der Waals surface area (Å²) in [5, 5.41) is 2.92. The number of halogens is 1. The van der Waals surface area contributed by atoms with E-state index in [1.165, 1.54) is 0 Å². The van der Waals surface area contributed by atoms with Crippen LogP contribution in [0.1, 0.15) is 40.2 Å². The number of hydrogen-bond donors (Lipinski definition) is 1. The van der Waals surface area contributed by atoms with Crippen LogP contribution in [0.5, 0.6) is 0 Å². The fraction of sp³-hybridized carbons (Fsp3) is 0.368. The van der Waals surface area contributed by atoms with Crippen LogP contribution in [0.3, 0.4) is 0 Å². The lowest BCUT2D eigenvalue weighted by Crippen LogP contribution is -2.43. The van der Waals surface area contributed by atoms with E-state index in [4.69, 9.17) is 4.74 Å². The first-order valence-electron chi connectivity index (χ1n) is 7.79. The monoisotopic (exact) mass is 390 g/mol. The van der Waals surface area contributed by atoms with E-state index in [9.17, 15) is 4.79 Å². The quantitative estimate of drug-likeness (QED) is 0.776. The van der Waals surface area contributed by atoms with E-state index >= 15 is 0 Å². The second kappa shape index (κ2) is 6.93. The van der Waals surface area contributed by atoms with Crippen molar-refractivity contribution < 1.29 is 9.53 Å². The molecule has 0 bridgehead atoms. The Labute approximate surface area is 151 Å². The lowest BCUT2D eigenvalue weighted by Gasteiger charge is -2.29. The fourth-order valence-corrected chi connectivity index (χ4v) is 2.64. The van der Waals surface area contributed by atoms with Crippen LogP contribution in [0.4, 0.5) is 4.79 Å². The number of amides is 1. The van der Waals surface area contributed by atoms with Gasteiger partial charge in [-0.05, 0) is 67.7 Å². The smallest absolute Gasteiger partial charge is 0.408 e. The third-order valence-electron chi connectivity index (χ3n) is 3.46. The number of rotatable bonds is 3. The van der Waals surface area contributed by atoms with Crippen LogP contribution in [0.2, 0.25) is 0 Å². The minimum Gasteiger partial charge on any atom is -0.444 e. The van der Waals surface area contributed by atoms with Gasteiger partial charge >= 0.3 is 6.09 Å². The molecule has 0 spiro atoms. The normalized spacial score (nSPS) is 11.9. The number of carbonyl (C=O) groups excluding carboxylic acids is 1. The molecule has 4 nitrogen and oxygen atoms in total. The number of nitrogens with one attached hydrogen (secondary N) is 1. The van der Waals surface area contributed by atoms with Crippen molar-refractivity contribution in [1.29, 1.82) is 0 Å². The first-order chi connectivity index (χ1) is 11.1. The summed E-state index contributed by atoms with van der Waals surface area (Å²) in [7, 11) is 0. The summed E-state index contributed by atoms with van der Waals surface area (Å²) in [5.74, 6) is 0. The number of alkyl carbamates (subject to hydrolysis) is 1. The predicted octanol–water partition coefficient (Wildman–Crippen LogP) is 5.27.